The van der Waals surface area contributed by atoms with Crippen molar-refractivity contribution < 1.29 is 9.15 Å². The zero-order valence-corrected chi connectivity index (χ0v) is 10.4. The minimum absolute atomic E-state index is 0.241. The van der Waals surface area contributed by atoms with Gasteiger partial charge in [-0.15, -0.1) is 5.10 Å². The maximum atomic E-state index is 11.2. The van der Waals surface area contributed by atoms with E-state index >= 15 is 0 Å². The molecule has 0 atom stereocenters. The van der Waals surface area contributed by atoms with Gasteiger partial charge in [0.1, 0.15) is 11.5 Å². The monoisotopic (exact) mass is 266 g/mol. The quantitative estimate of drug-likeness (QED) is 0.575. The molecule has 0 fully saturated rings. The van der Waals surface area contributed by atoms with E-state index < -0.39 is 5.76 Å². The molecule has 0 aliphatic carbocycles. The van der Waals surface area contributed by atoms with Crippen molar-refractivity contribution in [2.45, 2.75) is 5.92 Å². The first-order valence-electron chi connectivity index (χ1n) is 6.24. The van der Waals surface area contributed by atoms with E-state index in [1.807, 2.05) is 48.5 Å². The molecule has 5 heteroatoms. The Morgan fingerprint density at radius 3 is 2.10 bits per heavy atom. The van der Waals surface area contributed by atoms with Crippen LogP contribution in [0.5, 0.6) is 11.5 Å². The lowest BCUT2D eigenvalue weighted by Crippen LogP contribution is -2.11. The fourth-order valence-electron chi connectivity index (χ4n) is 2.54. The van der Waals surface area contributed by atoms with E-state index in [2.05, 4.69) is 10.2 Å². The number of hydrogen-bond acceptors (Lipinski definition) is 4. The summed E-state index contributed by atoms with van der Waals surface area (Å²) in [6, 6.07) is 15.3. The molecule has 4 rings (SSSR count). The summed E-state index contributed by atoms with van der Waals surface area (Å²) in [5.41, 5.74) is 1.86. The molecule has 0 saturated heterocycles. The van der Waals surface area contributed by atoms with E-state index in [0.717, 1.165) is 22.6 Å². The first-order chi connectivity index (χ1) is 9.83. The highest BCUT2D eigenvalue weighted by molar-refractivity contribution is 5.55. The third-order valence-electron chi connectivity index (χ3n) is 3.38. The first-order valence-corrected chi connectivity index (χ1v) is 6.24. The SMILES string of the molecule is O=c1[nH]nc(C2c3ccccc3Oc3ccccc32)o1. The van der Waals surface area contributed by atoms with E-state index in [1.165, 1.54) is 0 Å². The van der Waals surface area contributed by atoms with Gasteiger partial charge in [0.25, 0.3) is 0 Å². The Morgan fingerprint density at radius 1 is 0.950 bits per heavy atom. The van der Waals surface area contributed by atoms with Crippen LogP contribution >= 0.6 is 0 Å². The second kappa shape index (κ2) is 4.09. The molecule has 5 nitrogen and oxygen atoms in total. The van der Waals surface area contributed by atoms with Crippen molar-refractivity contribution in [2.75, 3.05) is 0 Å². The number of rotatable bonds is 1. The van der Waals surface area contributed by atoms with Gasteiger partial charge < -0.3 is 9.15 Å². The van der Waals surface area contributed by atoms with Crippen molar-refractivity contribution in [1.82, 2.24) is 10.2 Å². The highest BCUT2D eigenvalue weighted by Gasteiger charge is 2.31. The van der Waals surface area contributed by atoms with Gasteiger partial charge in [-0.3, -0.25) is 0 Å². The lowest BCUT2D eigenvalue weighted by Gasteiger charge is -2.25. The number of ether oxygens (including phenoxy) is 1. The Bertz CT molecular complexity index is 789. The fraction of sp³-hybridized carbons (Fsp3) is 0.0667. The van der Waals surface area contributed by atoms with Crippen LogP contribution in [-0.4, -0.2) is 10.2 Å². The molecule has 0 saturated carbocycles. The summed E-state index contributed by atoms with van der Waals surface area (Å²) in [6.45, 7) is 0. The Balaban J connectivity index is 1.99. The number of benzene rings is 2. The lowest BCUT2D eigenvalue weighted by molar-refractivity contribution is 0.417. The third-order valence-corrected chi connectivity index (χ3v) is 3.38. The molecular formula is C15H10N2O3. The topological polar surface area (TPSA) is 68.1 Å². The van der Waals surface area contributed by atoms with Crippen molar-refractivity contribution >= 4 is 0 Å². The molecule has 1 N–H and O–H groups in total. The van der Waals surface area contributed by atoms with Gasteiger partial charge in [-0.25, -0.2) is 9.89 Å². The van der Waals surface area contributed by atoms with E-state index in [4.69, 9.17) is 9.15 Å². The number of nitrogens with zero attached hydrogens (tertiary/aromatic N) is 1. The largest absolute Gasteiger partial charge is 0.457 e. The van der Waals surface area contributed by atoms with Gasteiger partial charge >= 0.3 is 5.76 Å². The Kier molecular flexibility index (Phi) is 2.26. The van der Waals surface area contributed by atoms with Gasteiger partial charge in [-0.1, -0.05) is 36.4 Å². The number of aromatic amines is 1. The van der Waals surface area contributed by atoms with Crippen LogP contribution in [0, 0.1) is 0 Å². The van der Waals surface area contributed by atoms with Crippen LogP contribution in [0.1, 0.15) is 22.9 Å². The highest BCUT2D eigenvalue weighted by atomic mass is 16.5. The minimum atomic E-state index is -0.554. The fourth-order valence-corrected chi connectivity index (χ4v) is 2.54. The number of hydrogen-bond donors (Lipinski definition) is 1. The molecule has 1 aromatic heterocycles. The molecule has 0 amide bonds. The molecule has 0 unspecified atom stereocenters. The predicted octanol–water partition coefficient (Wildman–Crippen LogP) is 2.65. The average Bonchev–Trinajstić information content (AvgIpc) is 2.91. The van der Waals surface area contributed by atoms with E-state index in [-0.39, 0.29) is 5.92 Å². The van der Waals surface area contributed by atoms with Crippen LogP contribution in [0.2, 0.25) is 0 Å². The first kappa shape index (κ1) is 11.0. The molecule has 3 aromatic rings. The Labute approximate surface area is 113 Å². The number of aromatic nitrogens is 2. The van der Waals surface area contributed by atoms with Gasteiger partial charge in [0, 0.05) is 11.1 Å². The molecule has 20 heavy (non-hydrogen) atoms. The maximum absolute atomic E-state index is 11.2. The summed E-state index contributed by atoms with van der Waals surface area (Å²) in [4.78, 5) is 11.2. The van der Waals surface area contributed by atoms with E-state index in [9.17, 15) is 4.79 Å². The lowest BCUT2D eigenvalue weighted by atomic mass is 9.88. The van der Waals surface area contributed by atoms with Crippen LogP contribution in [0.25, 0.3) is 0 Å². The van der Waals surface area contributed by atoms with Crippen molar-refractivity contribution in [3.8, 4) is 11.5 Å². The molecule has 2 heterocycles. The van der Waals surface area contributed by atoms with E-state index in [1.54, 1.807) is 0 Å². The minimum Gasteiger partial charge on any atom is -0.457 e. The summed E-state index contributed by atoms with van der Waals surface area (Å²) in [5, 5.41) is 6.29. The van der Waals surface area contributed by atoms with Gasteiger partial charge in [-0.05, 0) is 12.1 Å². The molecular weight excluding hydrogens is 256 g/mol. The van der Waals surface area contributed by atoms with Crippen LogP contribution in [0.15, 0.2) is 57.7 Å². The van der Waals surface area contributed by atoms with Gasteiger partial charge in [0.2, 0.25) is 5.89 Å². The van der Waals surface area contributed by atoms with Crippen LogP contribution < -0.4 is 10.5 Å². The smallest absolute Gasteiger partial charge is 0.434 e. The zero-order valence-electron chi connectivity index (χ0n) is 10.4. The summed E-state index contributed by atoms with van der Waals surface area (Å²) >= 11 is 0. The average molecular weight is 266 g/mol. The summed E-state index contributed by atoms with van der Waals surface area (Å²) in [5.74, 6) is 1.05. The number of H-pyrrole nitrogens is 1. The molecule has 0 radical (unpaired) electrons. The summed E-state index contributed by atoms with van der Waals surface area (Å²) < 4.78 is 11.0. The number of para-hydroxylation sites is 2. The number of fused-ring (bicyclic) bond motifs is 2. The molecule has 1 aliphatic heterocycles. The summed E-state index contributed by atoms with van der Waals surface area (Å²) in [6.07, 6.45) is 0. The standard InChI is InChI=1S/C15H10N2O3/c18-15-17-16-14(20-15)13-9-5-1-3-7-11(9)19-12-8-4-2-6-10(12)13/h1-8,13H,(H,17,18). The van der Waals surface area contributed by atoms with Crippen LogP contribution in [0.3, 0.4) is 0 Å². The van der Waals surface area contributed by atoms with Crippen LogP contribution in [0.4, 0.5) is 0 Å². The third kappa shape index (κ3) is 1.56. The second-order valence-corrected chi connectivity index (χ2v) is 4.56. The van der Waals surface area contributed by atoms with Crippen molar-refractivity contribution in [1.29, 1.82) is 0 Å². The highest BCUT2D eigenvalue weighted by Crippen LogP contribution is 2.46. The zero-order chi connectivity index (χ0) is 13.5. The number of nitrogens with one attached hydrogen (secondary N) is 1. The maximum Gasteiger partial charge on any atom is 0.434 e. The van der Waals surface area contributed by atoms with Gasteiger partial charge in [0.05, 0.1) is 5.92 Å². The second-order valence-electron chi connectivity index (χ2n) is 4.56. The molecule has 1 aliphatic rings. The molecule has 2 aromatic carbocycles. The Morgan fingerprint density at radius 2 is 1.55 bits per heavy atom. The normalized spacial score (nSPS) is 13.4. The predicted molar refractivity (Wildman–Crippen MR) is 71.0 cm³/mol. The van der Waals surface area contributed by atoms with Crippen molar-refractivity contribution in [3.05, 3.63) is 76.1 Å². The van der Waals surface area contributed by atoms with Gasteiger partial charge in [0.15, 0.2) is 0 Å². The summed E-state index contributed by atoms with van der Waals surface area (Å²) in [7, 11) is 0. The molecule has 0 spiro atoms. The van der Waals surface area contributed by atoms with Crippen molar-refractivity contribution in [2.24, 2.45) is 0 Å². The molecule has 98 valence electrons. The van der Waals surface area contributed by atoms with Crippen molar-refractivity contribution in [3.63, 3.8) is 0 Å². The Hall–Kier alpha value is -2.82. The van der Waals surface area contributed by atoms with Crippen LogP contribution in [-0.2, 0) is 0 Å². The van der Waals surface area contributed by atoms with E-state index in [0.29, 0.717) is 5.89 Å². The molecule has 0 bridgehead atoms. The van der Waals surface area contributed by atoms with Gasteiger partial charge in [-0.2, -0.15) is 0 Å².